The van der Waals surface area contributed by atoms with Gasteiger partial charge in [-0.2, -0.15) is 13.2 Å². The standard InChI is InChI=1S/C23H29F3N4O3/c1-15-20(30(14-27-15)10-11-33-3)28-21(31)16-6-5-9-19(13-16)29(2)22(32)17-7-4-8-18(12-17)23(24,25)26/h4,7-8,12,14,16,19H,5-6,9-11,13H2,1-3H3,(H,28,31)/t16-,19?/m1/s1. The van der Waals surface area contributed by atoms with E-state index in [2.05, 4.69) is 10.3 Å². The number of hydrogen-bond donors (Lipinski definition) is 1. The van der Waals surface area contributed by atoms with Crippen LogP contribution in [-0.4, -0.2) is 53.1 Å². The first-order valence-electron chi connectivity index (χ1n) is 10.9. The summed E-state index contributed by atoms with van der Waals surface area (Å²) in [6.07, 6.45) is -0.315. The van der Waals surface area contributed by atoms with Crippen LogP contribution >= 0.6 is 0 Å². The van der Waals surface area contributed by atoms with E-state index in [1.54, 1.807) is 20.5 Å². The summed E-state index contributed by atoms with van der Waals surface area (Å²) in [5, 5.41) is 2.96. The molecule has 0 aliphatic heterocycles. The highest BCUT2D eigenvalue weighted by Gasteiger charge is 2.34. The molecule has 2 amide bonds. The first-order chi connectivity index (χ1) is 15.6. The molecule has 0 spiro atoms. The summed E-state index contributed by atoms with van der Waals surface area (Å²) in [6.45, 7) is 2.84. The van der Waals surface area contributed by atoms with Gasteiger partial charge in [0.1, 0.15) is 5.82 Å². The number of imidazole rings is 1. The van der Waals surface area contributed by atoms with Gasteiger partial charge in [0.15, 0.2) is 0 Å². The summed E-state index contributed by atoms with van der Waals surface area (Å²) in [5.41, 5.74) is -0.177. The van der Waals surface area contributed by atoms with E-state index in [0.717, 1.165) is 18.6 Å². The molecular weight excluding hydrogens is 437 g/mol. The van der Waals surface area contributed by atoms with Gasteiger partial charge >= 0.3 is 6.18 Å². The predicted molar refractivity (Wildman–Crippen MR) is 117 cm³/mol. The van der Waals surface area contributed by atoms with Crippen LogP contribution in [0.25, 0.3) is 0 Å². The maximum Gasteiger partial charge on any atom is 0.416 e. The van der Waals surface area contributed by atoms with Gasteiger partial charge in [-0.1, -0.05) is 12.5 Å². The van der Waals surface area contributed by atoms with E-state index >= 15 is 0 Å². The number of hydrogen-bond acceptors (Lipinski definition) is 4. The number of aromatic nitrogens is 2. The van der Waals surface area contributed by atoms with Crippen LogP contribution in [0.15, 0.2) is 30.6 Å². The highest BCUT2D eigenvalue weighted by molar-refractivity contribution is 5.95. The Labute approximate surface area is 190 Å². The number of nitrogens with one attached hydrogen (secondary N) is 1. The van der Waals surface area contributed by atoms with Crippen LogP contribution in [0.4, 0.5) is 19.0 Å². The molecule has 0 radical (unpaired) electrons. The van der Waals surface area contributed by atoms with E-state index in [1.165, 1.54) is 17.0 Å². The number of anilines is 1. The van der Waals surface area contributed by atoms with Gasteiger partial charge in [-0.05, 0) is 44.4 Å². The number of rotatable bonds is 7. The van der Waals surface area contributed by atoms with Gasteiger partial charge in [0.25, 0.3) is 5.91 Å². The van der Waals surface area contributed by atoms with Crippen molar-refractivity contribution in [3.8, 4) is 0 Å². The molecule has 1 fully saturated rings. The molecule has 33 heavy (non-hydrogen) atoms. The van der Waals surface area contributed by atoms with Crippen molar-refractivity contribution in [1.82, 2.24) is 14.5 Å². The topological polar surface area (TPSA) is 76.5 Å². The summed E-state index contributed by atoms with van der Waals surface area (Å²) in [5.74, 6) is -0.333. The minimum absolute atomic E-state index is 0.0171. The van der Waals surface area contributed by atoms with Crippen LogP contribution in [0.2, 0.25) is 0 Å². The average Bonchev–Trinajstić information content (AvgIpc) is 3.15. The number of nitrogens with zero attached hydrogens (tertiary/aromatic N) is 3. The van der Waals surface area contributed by atoms with Crippen LogP contribution in [0.3, 0.4) is 0 Å². The lowest BCUT2D eigenvalue weighted by Crippen LogP contribution is -2.42. The van der Waals surface area contributed by atoms with Gasteiger partial charge in [0, 0.05) is 38.2 Å². The molecule has 1 unspecified atom stereocenters. The van der Waals surface area contributed by atoms with Gasteiger partial charge in [0.05, 0.1) is 24.2 Å². The summed E-state index contributed by atoms with van der Waals surface area (Å²) >= 11 is 0. The number of aryl methyl sites for hydroxylation is 1. The highest BCUT2D eigenvalue weighted by atomic mass is 19.4. The zero-order valence-electron chi connectivity index (χ0n) is 19.0. The van der Waals surface area contributed by atoms with Crippen molar-refractivity contribution in [2.45, 2.75) is 51.4 Å². The minimum atomic E-state index is -4.52. The first-order valence-corrected chi connectivity index (χ1v) is 10.9. The number of halogens is 3. The quantitative estimate of drug-likeness (QED) is 0.666. The van der Waals surface area contributed by atoms with E-state index < -0.39 is 17.6 Å². The van der Waals surface area contributed by atoms with Gasteiger partial charge in [-0.3, -0.25) is 9.59 Å². The molecule has 1 aromatic heterocycles. The molecule has 1 aliphatic carbocycles. The van der Waals surface area contributed by atoms with Gasteiger partial charge in [-0.25, -0.2) is 4.98 Å². The molecule has 0 bridgehead atoms. The second kappa shape index (κ2) is 10.4. The molecular formula is C23H29F3N4O3. The van der Waals surface area contributed by atoms with Crippen LogP contribution < -0.4 is 5.32 Å². The second-order valence-corrected chi connectivity index (χ2v) is 8.37. The Balaban J connectivity index is 1.67. The molecule has 2 aromatic rings. The Morgan fingerprint density at radius 1 is 1.30 bits per heavy atom. The van der Waals surface area contributed by atoms with Crippen molar-refractivity contribution in [3.63, 3.8) is 0 Å². The summed E-state index contributed by atoms with van der Waals surface area (Å²) < 4.78 is 46.0. The predicted octanol–water partition coefficient (Wildman–Crippen LogP) is 4.13. The molecule has 0 saturated heterocycles. The lowest BCUT2D eigenvalue weighted by atomic mass is 9.84. The Hall–Kier alpha value is -2.88. The van der Waals surface area contributed by atoms with E-state index in [0.29, 0.717) is 43.9 Å². The Morgan fingerprint density at radius 3 is 2.76 bits per heavy atom. The largest absolute Gasteiger partial charge is 0.416 e. The van der Waals surface area contributed by atoms with Crippen LogP contribution in [0.5, 0.6) is 0 Å². The van der Waals surface area contributed by atoms with E-state index in [1.807, 2.05) is 11.5 Å². The molecule has 7 nitrogen and oxygen atoms in total. The zero-order valence-corrected chi connectivity index (χ0v) is 19.0. The van der Waals surface area contributed by atoms with Crippen molar-refractivity contribution >= 4 is 17.6 Å². The van der Waals surface area contributed by atoms with Crippen LogP contribution in [-0.2, 0) is 22.3 Å². The Bertz CT molecular complexity index is 990. The minimum Gasteiger partial charge on any atom is -0.383 e. The molecule has 1 N–H and O–H groups in total. The van der Waals surface area contributed by atoms with Crippen LogP contribution in [0, 0.1) is 12.8 Å². The lowest BCUT2D eigenvalue weighted by Gasteiger charge is -2.35. The third kappa shape index (κ3) is 5.93. The SMILES string of the molecule is COCCn1cnc(C)c1NC(=O)[C@@H]1CCCC(N(C)C(=O)c2cccc(C(F)(F)F)c2)C1. The summed E-state index contributed by atoms with van der Waals surface area (Å²) in [4.78, 5) is 31.6. The summed E-state index contributed by atoms with van der Waals surface area (Å²) in [6, 6.07) is 4.18. The van der Waals surface area contributed by atoms with Crippen molar-refractivity contribution in [2.24, 2.45) is 5.92 Å². The third-order valence-corrected chi connectivity index (χ3v) is 6.12. The van der Waals surface area contributed by atoms with Gasteiger partial charge in [0.2, 0.25) is 5.91 Å². The van der Waals surface area contributed by atoms with Crippen molar-refractivity contribution in [1.29, 1.82) is 0 Å². The van der Waals surface area contributed by atoms with Crippen molar-refractivity contribution in [2.75, 3.05) is 26.1 Å². The van der Waals surface area contributed by atoms with Crippen molar-refractivity contribution < 1.29 is 27.5 Å². The monoisotopic (exact) mass is 466 g/mol. The zero-order chi connectivity index (χ0) is 24.2. The lowest BCUT2D eigenvalue weighted by molar-refractivity contribution is -0.137. The number of ether oxygens (including phenoxy) is 1. The smallest absolute Gasteiger partial charge is 0.383 e. The number of amides is 2. The third-order valence-electron chi connectivity index (χ3n) is 6.12. The number of alkyl halides is 3. The van der Waals surface area contributed by atoms with Crippen molar-refractivity contribution in [3.05, 3.63) is 47.4 Å². The maximum absolute atomic E-state index is 13.0. The molecule has 180 valence electrons. The molecule has 10 heteroatoms. The summed E-state index contributed by atoms with van der Waals surface area (Å²) in [7, 11) is 3.18. The van der Waals surface area contributed by atoms with E-state index in [4.69, 9.17) is 4.74 Å². The fraction of sp³-hybridized carbons (Fsp3) is 0.522. The first kappa shape index (κ1) is 24.8. The van der Waals surface area contributed by atoms with Gasteiger partial charge < -0.3 is 19.5 Å². The fourth-order valence-corrected chi connectivity index (χ4v) is 4.18. The molecule has 1 heterocycles. The van der Waals surface area contributed by atoms with E-state index in [-0.39, 0.29) is 23.4 Å². The Kier molecular flexibility index (Phi) is 7.78. The molecule has 1 saturated carbocycles. The number of methoxy groups -OCH3 is 1. The van der Waals surface area contributed by atoms with Crippen LogP contribution in [0.1, 0.15) is 47.3 Å². The molecule has 1 aliphatic rings. The maximum atomic E-state index is 13.0. The van der Waals surface area contributed by atoms with E-state index in [9.17, 15) is 22.8 Å². The molecule has 1 aromatic carbocycles. The second-order valence-electron chi connectivity index (χ2n) is 8.37. The molecule has 3 rings (SSSR count). The fourth-order valence-electron chi connectivity index (χ4n) is 4.18. The molecule has 2 atom stereocenters. The highest BCUT2D eigenvalue weighted by Crippen LogP contribution is 2.32. The Morgan fingerprint density at radius 2 is 2.06 bits per heavy atom. The average molecular weight is 467 g/mol. The number of benzene rings is 1. The number of carbonyl (C=O) groups is 2. The number of carbonyl (C=O) groups excluding carboxylic acids is 2. The normalized spacial score (nSPS) is 18.7. The van der Waals surface area contributed by atoms with Gasteiger partial charge in [-0.15, -0.1) is 0 Å².